The SMILES string of the molecule is CCOP(C)(=O)Cc1cnc(CC(=O)OC(C)(C)C)cn1.CCOP(C)(=O)Cc1cnc(CC(=O)[C@H](CC2CCCC2)c2ccc(S(C)(=O)=O)cc2)cn1. The molecule has 1 aromatic carbocycles. The number of ether oxygens (including phenoxy) is 1. The largest absolute Gasteiger partial charge is 0.460 e. The van der Waals surface area contributed by atoms with Crippen LogP contribution >= 0.6 is 14.7 Å². The van der Waals surface area contributed by atoms with Gasteiger partial charge in [0.15, 0.2) is 9.84 Å². The Morgan fingerprint density at radius 3 is 1.63 bits per heavy atom. The van der Waals surface area contributed by atoms with Gasteiger partial charge in [0.1, 0.15) is 11.4 Å². The highest BCUT2D eigenvalue weighted by Gasteiger charge is 2.28. The van der Waals surface area contributed by atoms with E-state index in [4.69, 9.17) is 13.8 Å². The third kappa shape index (κ3) is 16.3. The molecule has 3 aromatic rings. The summed E-state index contributed by atoms with van der Waals surface area (Å²) in [6, 6.07) is 6.68. The molecule has 2 aromatic heterocycles. The van der Waals surface area contributed by atoms with Gasteiger partial charge in [-0.3, -0.25) is 38.7 Å². The van der Waals surface area contributed by atoms with Crippen molar-refractivity contribution in [3.05, 3.63) is 77.4 Å². The lowest BCUT2D eigenvalue weighted by Crippen LogP contribution is -2.25. The number of sulfone groups is 1. The topological polar surface area (TPSA) is 182 Å². The van der Waals surface area contributed by atoms with Crippen molar-refractivity contribution in [3.63, 3.8) is 0 Å². The Kier molecular flexibility index (Phi) is 16.9. The van der Waals surface area contributed by atoms with Crippen LogP contribution in [-0.2, 0) is 67.5 Å². The van der Waals surface area contributed by atoms with Crippen LogP contribution in [0.1, 0.15) is 101 Å². The fourth-order valence-corrected chi connectivity index (χ4v) is 9.55. The van der Waals surface area contributed by atoms with E-state index in [1.807, 2.05) is 20.8 Å². The summed E-state index contributed by atoms with van der Waals surface area (Å²) in [6.45, 7) is 13.0. The molecule has 1 saturated carbocycles. The van der Waals surface area contributed by atoms with Gasteiger partial charge in [0.2, 0.25) is 14.7 Å². The number of rotatable bonds is 17. The molecule has 2 heterocycles. The average Bonchev–Trinajstić information content (AvgIpc) is 3.58. The number of nitrogens with zero attached hydrogens (tertiary/aromatic N) is 4. The van der Waals surface area contributed by atoms with Crippen molar-refractivity contribution < 1.29 is 40.9 Å². The van der Waals surface area contributed by atoms with Crippen molar-refractivity contribution in [3.8, 4) is 0 Å². The normalized spacial score (nSPS) is 16.4. The van der Waals surface area contributed by atoms with Gasteiger partial charge in [0.25, 0.3) is 0 Å². The Labute approximate surface area is 320 Å². The molecule has 4 rings (SSSR count). The summed E-state index contributed by atoms with van der Waals surface area (Å²) in [7, 11) is -8.73. The first-order valence-electron chi connectivity index (χ1n) is 18.2. The Morgan fingerprint density at radius 1 is 0.778 bits per heavy atom. The maximum atomic E-state index is 13.3. The van der Waals surface area contributed by atoms with Gasteiger partial charge in [0.05, 0.1) is 66.1 Å². The molecule has 13 nitrogen and oxygen atoms in total. The van der Waals surface area contributed by atoms with Crippen LogP contribution in [-0.4, -0.2) is 78.5 Å². The second-order valence-corrected chi connectivity index (χ2v) is 22.1. The summed E-state index contributed by atoms with van der Waals surface area (Å²) >= 11 is 0. The predicted octanol–water partition coefficient (Wildman–Crippen LogP) is 7.61. The quantitative estimate of drug-likeness (QED) is 0.0961. The maximum Gasteiger partial charge on any atom is 0.312 e. The third-order valence-electron chi connectivity index (χ3n) is 8.46. The smallest absolute Gasteiger partial charge is 0.312 e. The van der Waals surface area contributed by atoms with Gasteiger partial charge in [-0.05, 0) is 64.7 Å². The molecule has 1 aliphatic carbocycles. The van der Waals surface area contributed by atoms with Crippen LogP contribution in [0.2, 0.25) is 0 Å². The van der Waals surface area contributed by atoms with Crippen molar-refractivity contribution in [1.82, 2.24) is 19.9 Å². The fraction of sp³-hybridized carbons (Fsp3) is 0.579. The van der Waals surface area contributed by atoms with Crippen molar-refractivity contribution in [1.29, 1.82) is 0 Å². The highest BCUT2D eigenvalue weighted by atomic mass is 32.2. The van der Waals surface area contributed by atoms with Crippen LogP contribution < -0.4 is 0 Å². The molecular weight excluding hydrogens is 750 g/mol. The van der Waals surface area contributed by atoms with Crippen molar-refractivity contribution in [2.75, 3.05) is 32.8 Å². The number of hydrogen-bond acceptors (Lipinski definition) is 13. The van der Waals surface area contributed by atoms with Crippen LogP contribution in [0.25, 0.3) is 0 Å². The molecule has 2 unspecified atom stereocenters. The molecular formula is C38H56N4O9P2S. The molecule has 0 bridgehead atoms. The molecule has 3 atom stereocenters. The number of hydrogen-bond donors (Lipinski definition) is 0. The Hall–Kier alpha value is -3.15. The molecule has 0 N–H and O–H groups in total. The summed E-state index contributed by atoms with van der Waals surface area (Å²) in [6.07, 6.45) is 13.4. The van der Waals surface area contributed by atoms with E-state index in [9.17, 15) is 27.1 Å². The Morgan fingerprint density at radius 2 is 1.22 bits per heavy atom. The zero-order valence-electron chi connectivity index (χ0n) is 32.8. The van der Waals surface area contributed by atoms with Gasteiger partial charge >= 0.3 is 5.97 Å². The molecule has 1 aliphatic rings. The van der Waals surface area contributed by atoms with E-state index in [0.717, 1.165) is 24.8 Å². The number of carbonyl (C=O) groups is 2. The van der Waals surface area contributed by atoms with Gasteiger partial charge < -0.3 is 13.8 Å². The van der Waals surface area contributed by atoms with Crippen LogP contribution in [0.5, 0.6) is 0 Å². The molecule has 0 spiro atoms. The number of aromatic nitrogens is 4. The van der Waals surface area contributed by atoms with E-state index in [1.165, 1.54) is 31.5 Å². The average molecular weight is 807 g/mol. The summed E-state index contributed by atoms with van der Waals surface area (Å²) in [5.41, 5.74) is 2.57. The third-order valence-corrected chi connectivity index (χ3v) is 13.0. The summed E-state index contributed by atoms with van der Waals surface area (Å²) in [5, 5.41) is 0. The highest BCUT2D eigenvalue weighted by Crippen LogP contribution is 2.46. The second kappa shape index (κ2) is 20.1. The van der Waals surface area contributed by atoms with Crippen molar-refractivity contribution in [2.45, 2.75) is 108 Å². The monoisotopic (exact) mass is 806 g/mol. The van der Waals surface area contributed by atoms with E-state index >= 15 is 0 Å². The lowest BCUT2D eigenvalue weighted by Gasteiger charge is -2.20. The van der Waals surface area contributed by atoms with Crippen LogP contribution in [0, 0.1) is 5.92 Å². The summed E-state index contributed by atoms with van der Waals surface area (Å²) < 4.78 is 63.7. The number of Topliss-reactive ketones (excluding diaryl/α,β-unsaturated/α-hetero) is 1. The molecule has 16 heteroatoms. The standard InChI is InChI=1S/C24H33N2O5PS.C14H23N2O4P/c1-4-31-32(2,28)17-21-16-25-20(15-26-21)14-24(27)23(13-18-7-5-6-8-18)19-9-11-22(12-10-19)33(3,29)30;1-6-19-21(5,18)10-12-9-15-11(8-16-12)7-13(17)20-14(2,3)4/h9-12,15-16,18,23H,4-8,13-14,17H2,1-3H3;8-9H,6-7,10H2,1-5H3/t23-,32?;/m1./s1. The minimum absolute atomic E-state index is 0.0477. The number of esters is 1. The fourth-order valence-electron chi connectivity index (χ4n) is 6.14. The zero-order chi connectivity index (χ0) is 40.2. The van der Waals surface area contributed by atoms with Crippen molar-refractivity contribution in [2.24, 2.45) is 5.92 Å². The Balaban J connectivity index is 0.000000322. The predicted molar refractivity (Wildman–Crippen MR) is 209 cm³/mol. The number of ketones is 1. The van der Waals surface area contributed by atoms with Gasteiger partial charge in [-0.15, -0.1) is 0 Å². The minimum Gasteiger partial charge on any atom is -0.460 e. The molecule has 0 aliphatic heterocycles. The zero-order valence-corrected chi connectivity index (χ0v) is 35.4. The van der Waals surface area contributed by atoms with Gasteiger partial charge in [0, 0.05) is 50.3 Å². The van der Waals surface area contributed by atoms with Crippen LogP contribution in [0.15, 0.2) is 53.9 Å². The molecule has 0 saturated heterocycles. The van der Waals surface area contributed by atoms with E-state index in [-0.39, 0.29) is 47.7 Å². The van der Waals surface area contributed by atoms with Gasteiger partial charge in [-0.25, -0.2) is 8.42 Å². The van der Waals surface area contributed by atoms with E-state index in [2.05, 4.69) is 19.9 Å². The molecule has 54 heavy (non-hydrogen) atoms. The second-order valence-electron chi connectivity index (χ2n) is 14.9. The summed E-state index contributed by atoms with van der Waals surface area (Å²) in [4.78, 5) is 42.3. The van der Waals surface area contributed by atoms with Gasteiger partial charge in [-0.1, -0.05) is 37.8 Å². The van der Waals surface area contributed by atoms with E-state index in [1.54, 1.807) is 63.8 Å². The number of carbonyl (C=O) groups excluding carboxylic acids is 2. The van der Waals surface area contributed by atoms with Gasteiger partial charge in [-0.2, -0.15) is 0 Å². The van der Waals surface area contributed by atoms with E-state index < -0.39 is 30.2 Å². The van der Waals surface area contributed by atoms with E-state index in [0.29, 0.717) is 41.9 Å². The lowest BCUT2D eigenvalue weighted by molar-refractivity contribution is -0.154. The number of benzene rings is 1. The summed E-state index contributed by atoms with van der Waals surface area (Å²) in [5.74, 6) is -0.108. The van der Waals surface area contributed by atoms with Crippen LogP contribution in [0.4, 0.5) is 0 Å². The first kappa shape index (κ1) is 45.2. The Bertz CT molecular complexity index is 1880. The molecule has 298 valence electrons. The molecule has 0 radical (unpaired) electrons. The first-order valence-corrected chi connectivity index (χ1v) is 24.7. The molecule has 0 amide bonds. The first-order chi connectivity index (χ1) is 25.2. The lowest BCUT2D eigenvalue weighted by atomic mass is 9.83. The molecule has 1 fully saturated rings. The minimum atomic E-state index is -3.29. The highest BCUT2D eigenvalue weighted by molar-refractivity contribution is 7.90. The van der Waals surface area contributed by atoms with Crippen LogP contribution in [0.3, 0.4) is 0 Å². The van der Waals surface area contributed by atoms with Crippen molar-refractivity contribution >= 4 is 36.3 Å². The maximum absolute atomic E-state index is 13.3.